The summed E-state index contributed by atoms with van der Waals surface area (Å²) in [5, 5.41) is 0. The zero-order valence-corrected chi connectivity index (χ0v) is 12.7. The van der Waals surface area contributed by atoms with Crippen LogP contribution in [0.2, 0.25) is 5.82 Å². The number of methoxy groups -OCH3 is 1. The Bertz CT molecular complexity index is 356. The molecule has 2 heterocycles. The van der Waals surface area contributed by atoms with Crippen LogP contribution in [0, 0.1) is 5.92 Å². The van der Waals surface area contributed by atoms with Gasteiger partial charge >= 0.3 is 13.1 Å². The number of nitrogens with zero attached hydrogens (tertiary/aromatic N) is 1. The van der Waals surface area contributed by atoms with Gasteiger partial charge in [0.1, 0.15) is 0 Å². The lowest BCUT2D eigenvalue weighted by Crippen LogP contribution is -2.41. The molecule has 2 aliphatic heterocycles. The zero-order valence-electron chi connectivity index (χ0n) is 12.7. The van der Waals surface area contributed by atoms with E-state index in [4.69, 9.17) is 14.0 Å². The number of carbonyl (C=O) groups is 1. The van der Waals surface area contributed by atoms with Gasteiger partial charge in [-0.25, -0.2) is 0 Å². The third kappa shape index (κ3) is 2.53. The summed E-state index contributed by atoms with van der Waals surface area (Å²) in [5.41, 5.74) is -0.723. The normalized spacial score (nSPS) is 33.7. The third-order valence-electron chi connectivity index (χ3n) is 4.67. The molecule has 0 N–H and O–H groups in total. The van der Waals surface area contributed by atoms with Crippen molar-refractivity contribution in [3.8, 4) is 0 Å². The van der Waals surface area contributed by atoms with E-state index in [-0.39, 0.29) is 36.0 Å². The number of hydrogen-bond donors (Lipinski definition) is 0. The second kappa shape index (κ2) is 4.75. The minimum absolute atomic E-state index is 0.0264. The minimum Gasteiger partial charge on any atom is -0.469 e. The van der Waals surface area contributed by atoms with Gasteiger partial charge in [0.05, 0.1) is 24.2 Å². The van der Waals surface area contributed by atoms with Crippen molar-refractivity contribution in [2.45, 2.75) is 44.7 Å². The summed E-state index contributed by atoms with van der Waals surface area (Å²) < 4.78 is 17.0. The van der Waals surface area contributed by atoms with Crippen LogP contribution in [0.4, 0.5) is 0 Å². The van der Waals surface area contributed by atoms with Crippen LogP contribution >= 0.6 is 0 Å². The maximum absolute atomic E-state index is 11.9. The van der Waals surface area contributed by atoms with Crippen LogP contribution in [-0.2, 0) is 18.8 Å². The standard InChI is InChI=1S/C13H24BNO4/c1-12(2)13(3,4)19-14(18-12)10-8-15(5)7-9(10)11(16)17-6/h9-10H,7-8H2,1-6H3/t9-,10-/m0/s1. The fourth-order valence-electron chi connectivity index (χ4n) is 2.77. The summed E-state index contributed by atoms with van der Waals surface area (Å²) in [5.74, 6) is -0.327. The molecule has 2 saturated heterocycles. The first-order valence-electron chi connectivity index (χ1n) is 6.80. The predicted molar refractivity (Wildman–Crippen MR) is 72.8 cm³/mol. The molecule has 108 valence electrons. The summed E-state index contributed by atoms with van der Waals surface area (Å²) in [7, 11) is 3.09. The van der Waals surface area contributed by atoms with Crippen LogP contribution < -0.4 is 0 Å². The molecule has 0 spiro atoms. The van der Waals surface area contributed by atoms with Gasteiger partial charge in [-0.1, -0.05) is 0 Å². The Labute approximate surface area is 115 Å². The van der Waals surface area contributed by atoms with Gasteiger partial charge in [-0.15, -0.1) is 0 Å². The monoisotopic (exact) mass is 269 g/mol. The first-order valence-corrected chi connectivity index (χ1v) is 6.80. The number of rotatable bonds is 2. The maximum atomic E-state index is 11.9. The number of likely N-dealkylation sites (tertiary alicyclic amines) is 1. The lowest BCUT2D eigenvalue weighted by molar-refractivity contribution is -0.145. The molecule has 0 amide bonds. The molecule has 0 bridgehead atoms. The molecule has 0 aliphatic carbocycles. The molecular weight excluding hydrogens is 245 g/mol. The predicted octanol–water partition coefficient (Wildman–Crippen LogP) is 1.18. The van der Waals surface area contributed by atoms with E-state index in [0.29, 0.717) is 6.54 Å². The highest BCUT2D eigenvalue weighted by molar-refractivity contribution is 6.48. The molecule has 19 heavy (non-hydrogen) atoms. The van der Waals surface area contributed by atoms with Crippen molar-refractivity contribution < 1.29 is 18.8 Å². The smallest absolute Gasteiger partial charge is 0.463 e. The summed E-state index contributed by atoms with van der Waals surface area (Å²) in [4.78, 5) is 14.0. The first kappa shape index (κ1) is 14.8. The van der Waals surface area contributed by atoms with E-state index in [1.165, 1.54) is 7.11 Å². The van der Waals surface area contributed by atoms with Crippen LogP contribution in [0.15, 0.2) is 0 Å². The largest absolute Gasteiger partial charge is 0.469 e. The van der Waals surface area contributed by atoms with Crippen molar-refractivity contribution in [2.24, 2.45) is 5.92 Å². The Balaban J connectivity index is 2.16. The van der Waals surface area contributed by atoms with Crippen LogP contribution in [0.1, 0.15) is 27.7 Å². The Morgan fingerprint density at radius 3 is 2.21 bits per heavy atom. The first-order chi connectivity index (χ1) is 8.68. The molecule has 0 aromatic rings. The fourth-order valence-corrected chi connectivity index (χ4v) is 2.77. The Kier molecular flexibility index (Phi) is 3.71. The van der Waals surface area contributed by atoms with Crippen LogP contribution in [-0.4, -0.2) is 56.4 Å². The number of carbonyl (C=O) groups excluding carboxylic acids is 1. The van der Waals surface area contributed by atoms with Crippen LogP contribution in [0.25, 0.3) is 0 Å². The van der Waals surface area contributed by atoms with E-state index < -0.39 is 0 Å². The summed E-state index contributed by atoms with van der Waals surface area (Å²) >= 11 is 0. The van der Waals surface area contributed by atoms with Gasteiger partial charge in [-0.05, 0) is 34.7 Å². The molecule has 2 rings (SSSR count). The van der Waals surface area contributed by atoms with Crippen molar-refractivity contribution in [3.05, 3.63) is 0 Å². The lowest BCUT2D eigenvalue weighted by atomic mass is 9.66. The van der Waals surface area contributed by atoms with Crippen molar-refractivity contribution in [1.29, 1.82) is 0 Å². The molecule has 0 unspecified atom stereocenters. The van der Waals surface area contributed by atoms with Gasteiger partial charge < -0.3 is 18.9 Å². The third-order valence-corrected chi connectivity index (χ3v) is 4.67. The number of esters is 1. The van der Waals surface area contributed by atoms with Crippen LogP contribution in [0.3, 0.4) is 0 Å². The highest BCUT2D eigenvalue weighted by Crippen LogP contribution is 2.43. The number of hydrogen-bond acceptors (Lipinski definition) is 5. The Hall–Kier alpha value is -0.585. The molecule has 2 atom stereocenters. The molecule has 2 aliphatic rings. The summed E-state index contributed by atoms with van der Waals surface area (Å²) in [6.45, 7) is 9.59. The van der Waals surface area contributed by atoms with Crippen molar-refractivity contribution in [1.82, 2.24) is 4.90 Å². The van der Waals surface area contributed by atoms with E-state index >= 15 is 0 Å². The van der Waals surface area contributed by atoms with E-state index in [1.54, 1.807) is 0 Å². The SMILES string of the molecule is COC(=O)[C@H]1CN(C)C[C@@H]1B1OC(C)(C)C(C)(C)O1. The van der Waals surface area contributed by atoms with Gasteiger partial charge in [0, 0.05) is 18.9 Å². The molecule has 6 heteroatoms. The average molecular weight is 269 g/mol. The second-order valence-corrected chi connectivity index (χ2v) is 6.64. The van der Waals surface area contributed by atoms with Gasteiger partial charge in [-0.3, -0.25) is 4.79 Å². The van der Waals surface area contributed by atoms with Crippen molar-refractivity contribution >= 4 is 13.1 Å². The summed E-state index contributed by atoms with van der Waals surface area (Å²) in [6.07, 6.45) is 0. The maximum Gasteiger partial charge on any atom is 0.463 e. The Morgan fingerprint density at radius 2 is 1.74 bits per heavy atom. The average Bonchev–Trinajstić information content (AvgIpc) is 2.77. The minimum atomic E-state index is -0.362. The van der Waals surface area contributed by atoms with E-state index in [9.17, 15) is 4.79 Å². The molecule has 2 fully saturated rings. The van der Waals surface area contributed by atoms with E-state index in [1.807, 2.05) is 34.7 Å². The van der Waals surface area contributed by atoms with Gasteiger partial charge in [0.2, 0.25) is 0 Å². The second-order valence-electron chi connectivity index (χ2n) is 6.64. The quantitative estimate of drug-likeness (QED) is 0.556. The van der Waals surface area contributed by atoms with Gasteiger partial charge in [0.15, 0.2) is 0 Å². The van der Waals surface area contributed by atoms with E-state index in [0.717, 1.165) is 6.54 Å². The lowest BCUT2D eigenvalue weighted by Gasteiger charge is -2.32. The van der Waals surface area contributed by atoms with Gasteiger partial charge in [-0.2, -0.15) is 0 Å². The van der Waals surface area contributed by atoms with E-state index in [2.05, 4.69) is 4.90 Å². The molecule has 5 nitrogen and oxygen atoms in total. The Morgan fingerprint density at radius 1 is 1.21 bits per heavy atom. The highest BCUT2D eigenvalue weighted by Gasteiger charge is 2.57. The van der Waals surface area contributed by atoms with Crippen molar-refractivity contribution in [3.63, 3.8) is 0 Å². The molecule has 0 aromatic heterocycles. The molecular formula is C13H24BNO4. The topological polar surface area (TPSA) is 48.0 Å². The molecule has 0 radical (unpaired) electrons. The molecule has 0 saturated carbocycles. The fraction of sp³-hybridized carbons (Fsp3) is 0.923. The number of ether oxygens (including phenoxy) is 1. The highest BCUT2D eigenvalue weighted by atomic mass is 16.7. The van der Waals surface area contributed by atoms with Crippen LogP contribution in [0.5, 0.6) is 0 Å². The van der Waals surface area contributed by atoms with Crippen molar-refractivity contribution in [2.75, 3.05) is 27.2 Å². The molecule has 0 aromatic carbocycles. The van der Waals surface area contributed by atoms with Gasteiger partial charge in [0.25, 0.3) is 0 Å². The zero-order chi connectivity index (χ0) is 14.4. The summed E-state index contributed by atoms with van der Waals surface area (Å²) in [6, 6.07) is 0.